The maximum atomic E-state index is 4.69. The Morgan fingerprint density at radius 2 is 2.05 bits per heavy atom. The summed E-state index contributed by atoms with van der Waals surface area (Å²) >= 11 is 2.33. The Kier molecular flexibility index (Phi) is 5.33. The molecule has 0 saturated heterocycles. The fourth-order valence-electron chi connectivity index (χ4n) is 1.94. The summed E-state index contributed by atoms with van der Waals surface area (Å²) < 4.78 is 3.07. The van der Waals surface area contributed by atoms with E-state index in [1.54, 1.807) is 6.20 Å². The molecule has 0 radical (unpaired) electrons. The molecule has 6 heteroatoms. The van der Waals surface area contributed by atoms with Gasteiger partial charge in [0.15, 0.2) is 11.6 Å². The number of anilines is 1. The van der Waals surface area contributed by atoms with Gasteiger partial charge in [0.25, 0.3) is 0 Å². The molecule has 1 N–H and O–H groups in total. The van der Waals surface area contributed by atoms with Crippen molar-refractivity contribution < 1.29 is 0 Å². The third-order valence-corrected chi connectivity index (χ3v) is 4.10. The molecule has 0 unspecified atom stereocenters. The van der Waals surface area contributed by atoms with E-state index in [0.29, 0.717) is 5.82 Å². The number of hydrogen-bond donors (Lipinski definition) is 1. The van der Waals surface area contributed by atoms with Crippen LogP contribution in [-0.2, 0) is 13.5 Å². The lowest BCUT2D eigenvalue weighted by Crippen LogP contribution is -2.10. The smallest absolute Gasteiger partial charge is 0.198 e. The highest BCUT2D eigenvalue weighted by Crippen LogP contribution is 2.24. The van der Waals surface area contributed by atoms with Crippen molar-refractivity contribution in [3.63, 3.8) is 0 Å². The Labute approximate surface area is 133 Å². The molecule has 0 bridgehead atoms. The molecular weight excluding hydrogens is 365 g/mol. The summed E-state index contributed by atoms with van der Waals surface area (Å²) in [6.07, 6.45) is 6.78. The Balaban J connectivity index is 2.46. The Hall–Kier alpha value is -1.18. The van der Waals surface area contributed by atoms with Crippen LogP contribution in [0.2, 0.25) is 0 Å². The van der Waals surface area contributed by atoms with Crippen LogP contribution in [0.15, 0.2) is 12.4 Å². The lowest BCUT2D eigenvalue weighted by molar-refractivity contribution is 0.848. The zero-order valence-electron chi connectivity index (χ0n) is 12.1. The summed E-state index contributed by atoms with van der Waals surface area (Å²) in [7, 11) is 1.96. The minimum atomic E-state index is 0.694. The van der Waals surface area contributed by atoms with Crippen molar-refractivity contribution in [3.8, 4) is 11.6 Å². The molecule has 0 fully saturated rings. The van der Waals surface area contributed by atoms with Crippen LogP contribution in [0.5, 0.6) is 0 Å². The van der Waals surface area contributed by atoms with Crippen molar-refractivity contribution in [2.24, 2.45) is 7.05 Å². The molecule has 5 nitrogen and oxygen atoms in total. The molecule has 0 aliphatic carbocycles. The summed E-state index contributed by atoms with van der Waals surface area (Å²) in [5, 5.41) is 3.39. The van der Waals surface area contributed by atoms with E-state index in [1.165, 1.54) is 0 Å². The number of rotatable bonds is 6. The summed E-state index contributed by atoms with van der Waals surface area (Å²) in [5.74, 6) is 2.42. The first kappa shape index (κ1) is 15.2. The average molecular weight is 385 g/mol. The molecule has 0 aliphatic heterocycles. The van der Waals surface area contributed by atoms with E-state index < -0.39 is 0 Å². The van der Waals surface area contributed by atoms with E-state index >= 15 is 0 Å². The van der Waals surface area contributed by atoms with Crippen molar-refractivity contribution >= 4 is 28.4 Å². The largest absolute Gasteiger partial charge is 0.369 e. The topological polar surface area (TPSA) is 55.6 Å². The molecule has 2 aromatic heterocycles. The van der Waals surface area contributed by atoms with Crippen molar-refractivity contribution in [3.05, 3.63) is 21.7 Å². The van der Waals surface area contributed by atoms with Gasteiger partial charge in [-0.1, -0.05) is 20.3 Å². The van der Waals surface area contributed by atoms with Crippen molar-refractivity contribution in [1.82, 2.24) is 19.5 Å². The van der Waals surface area contributed by atoms with Crippen LogP contribution in [-0.4, -0.2) is 26.1 Å². The van der Waals surface area contributed by atoms with Gasteiger partial charge >= 0.3 is 0 Å². The zero-order chi connectivity index (χ0) is 14.5. The van der Waals surface area contributed by atoms with Gasteiger partial charge in [-0.05, 0) is 35.4 Å². The maximum Gasteiger partial charge on any atom is 0.198 e. The molecule has 20 heavy (non-hydrogen) atoms. The molecule has 0 saturated carbocycles. The van der Waals surface area contributed by atoms with Gasteiger partial charge in [0.1, 0.15) is 5.82 Å². The van der Waals surface area contributed by atoms with E-state index in [2.05, 4.69) is 51.7 Å². The Bertz CT molecular complexity index is 579. The van der Waals surface area contributed by atoms with Crippen LogP contribution in [0.4, 0.5) is 5.82 Å². The van der Waals surface area contributed by atoms with Crippen LogP contribution in [0.25, 0.3) is 11.6 Å². The summed E-state index contributed by atoms with van der Waals surface area (Å²) in [6.45, 7) is 5.23. The lowest BCUT2D eigenvalue weighted by Gasteiger charge is -2.12. The number of halogens is 1. The first-order valence-corrected chi connectivity index (χ1v) is 8.03. The van der Waals surface area contributed by atoms with Crippen molar-refractivity contribution in [2.75, 3.05) is 11.9 Å². The fraction of sp³-hybridized carbons (Fsp3) is 0.500. The second-order valence-corrected chi connectivity index (χ2v) is 5.77. The number of nitrogens with one attached hydrogen (secondary N) is 1. The summed E-state index contributed by atoms with van der Waals surface area (Å²) in [4.78, 5) is 13.7. The monoisotopic (exact) mass is 385 g/mol. The number of hydrogen-bond acceptors (Lipinski definition) is 4. The molecule has 0 amide bonds. The Morgan fingerprint density at radius 3 is 2.65 bits per heavy atom. The quantitative estimate of drug-likeness (QED) is 0.776. The molecule has 0 spiro atoms. The molecule has 108 valence electrons. The predicted octanol–water partition coefficient (Wildman–Crippen LogP) is 3.26. The van der Waals surface area contributed by atoms with Gasteiger partial charge in [-0.2, -0.15) is 0 Å². The maximum absolute atomic E-state index is 4.69. The third kappa shape index (κ3) is 3.28. The fourth-order valence-corrected chi connectivity index (χ4v) is 2.64. The minimum absolute atomic E-state index is 0.694. The minimum Gasteiger partial charge on any atom is -0.369 e. The van der Waals surface area contributed by atoms with E-state index in [4.69, 9.17) is 4.98 Å². The highest BCUT2D eigenvalue weighted by atomic mass is 127. The zero-order valence-corrected chi connectivity index (χ0v) is 14.3. The summed E-state index contributed by atoms with van der Waals surface area (Å²) in [6, 6.07) is 0. The first-order valence-electron chi connectivity index (χ1n) is 6.95. The third-order valence-electron chi connectivity index (χ3n) is 2.97. The second kappa shape index (κ2) is 7.01. The second-order valence-electron chi connectivity index (χ2n) is 4.70. The normalized spacial score (nSPS) is 10.8. The SMILES string of the molecule is CCCNc1nc(-c2nccn2C)nc(CCC)c1I. The van der Waals surface area contributed by atoms with Crippen molar-refractivity contribution in [2.45, 2.75) is 33.1 Å². The molecule has 0 aromatic carbocycles. The standard InChI is InChI=1S/C14H20IN5/c1-4-6-10-11(15)12(16-7-5-2)19-13(18-10)14-17-8-9-20(14)3/h8-9H,4-7H2,1-3H3,(H,16,18,19). The first-order chi connectivity index (χ1) is 9.67. The number of aromatic nitrogens is 4. The van der Waals surface area contributed by atoms with E-state index in [9.17, 15) is 0 Å². The van der Waals surface area contributed by atoms with Gasteiger partial charge in [0.2, 0.25) is 0 Å². The highest BCUT2D eigenvalue weighted by Gasteiger charge is 2.15. The predicted molar refractivity (Wildman–Crippen MR) is 89.7 cm³/mol. The van der Waals surface area contributed by atoms with Crippen LogP contribution in [0, 0.1) is 3.57 Å². The molecule has 2 aromatic rings. The molecular formula is C14H20IN5. The lowest BCUT2D eigenvalue weighted by atomic mass is 10.2. The van der Waals surface area contributed by atoms with Crippen LogP contribution < -0.4 is 5.32 Å². The van der Waals surface area contributed by atoms with Crippen LogP contribution >= 0.6 is 22.6 Å². The molecule has 0 aliphatic rings. The summed E-state index contributed by atoms with van der Waals surface area (Å²) in [5.41, 5.74) is 1.10. The van der Waals surface area contributed by atoms with Gasteiger partial charge < -0.3 is 9.88 Å². The number of aryl methyl sites for hydroxylation is 2. The molecule has 2 heterocycles. The van der Waals surface area contributed by atoms with Crippen molar-refractivity contribution in [1.29, 1.82) is 0 Å². The van der Waals surface area contributed by atoms with E-state index in [-0.39, 0.29) is 0 Å². The van der Waals surface area contributed by atoms with Crippen LogP contribution in [0.3, 0.4) is 0 Å². The highest BCUT2D eigenvalue weighted by molar-refractivity contribution is 14.1. The van der Waals surface area contributed by atoms with E-state index in [1.807, 2.05) is 17.8 Å². The average Bonchev–Trinajstić information content (AvgIpc) is 2.86. The van der Waals surface area contributed by atoms with Gasteiger partial charge in [0.05, 0.1) is 9.26 Å². The van der Waals surface area contributed by atoms with Gasteiger partial charge in [0, 0.05) is 26.0 Å². The Morgan fingerprint density at radius 1 is 1.25 bits per heavy atom. The van der Waals surface area contributed by atoms with Gasteiger partial charge in [-0.3, -0.25) is 0 Å². The van der Waals surface area contributed by atoms with Crippen LogP contribution in [0.1, 0.15) is 32.4 Å². The van der Waals surface area contributed by atoms with Gasteiger partial charge in [-0.25, -0.2) is 15.0 Å². The van der Waals surface area contributed by atoms with E-state index in [0.717, 1.165) is 46.7 Å². The molecule has 2 rings (SSSR count). The van der Waals surface area contributed by atoms with Gasteiger partial charge in [-0.15, -0.1) is 0 Å². The number of imidazole rings is 1. The molecule has 0 atom stereocenters. The number of nitrogens with zero attached hydrogens (tertiary/aromatic N) is 4.